The molecule has 8 heteroatoms. The molecule has 1 aromatic rings. The number of rotatable bonds is 4. The minimum absolute atomic E-state index is 0.264. The Morgan fingerprint density at radius 3 is 2.00 bits per heavy atom. The van der Waals surface area contributed by atoms with Crippen molar-refractivity contribution in [3.05, 3.63) is 29.6 Å². The van der Waals surface area contributed by atoms with Gasteiger partial charge in [0.2, 0.25) is 10.0 Å². The lowest BCUT2D eigenvalue weighted by Gasteiger charge is -2.33. The van der Waals surface area contributed by atoms with E-state index in [0.717, 1.165) is 4.31 Å². The molecule has 0 heterocycles. The summed E-state index contributed by atoms with van der Waals surface area (Å²) in [5.41, 5.74) is -0.897. The first-order valence-corrected chi connectivity index (χ1v) is 7.79. The Labute approximate surface area is 118 Å². The zero-order valence-electron chi connectivity index (χ0n) is 10.5. The van der Waals surface area contributed by atoms with Gasteiger partial charge in [-0.3, -0.25) is 0 Å². The van der Waals surface area contributed by atoms with Crippen LogP contribution in [0.5, 0.6) is 0 Å². The third-order valence-corrected chi connectivity index (χ3v) is 6.25. The molecule has 1 rings (SSSR count). The number of halogens is 4. The van der Waals surface area contributed by atoms with E-state index in [4.69, 9.17) is 0 Å². The van der Waals surface area contributed by atoms with Gasteiger partial charge in [0.15, 0.2) is 4.90 Å². The average Bonchev–Trinajstić information content (AvgIpc) is 2.26. The van der Waals surface area contributed by atoms with Crippen molar-refractivity contribution in [1.82, 2.24) is 4.31 Å². The highest BCUT2D eigenvalue weighted by Gasteiger charge is 2.37. The zero-order valence-corrected chi connectivity index (χ0v) is 12.9. The second-order valence-corrected chi connectivity index (χ2v) is 7.08. The lowest BCUT2D eigenvalue weighted by atomic mass is 10.1. The summed E-state index contributed by atoms with van der Waals surface area (Å²) in [4.78, 5) is -1.15. The highest BCUT2D eigenvalue weighted by atomic mass is 79.9. The van der Waals surface area contributed by atoms with Crippen LogP contribution in [0.2, 0.25) is 0 Å². The summed E-state index contributed by atoms with van der Waals surface area (Å²) in [5.74, 6) is -4.07. The SMILES string of the molecule is CN(C(C)(C)CBr)S(=O)(=O)c1c(F)cc(F)cc1F. The number of alkyl halides is 1. The first kappa shape index (κ1) is 16.5. The minimum Gasteiger partial charge on any atom is -0.207 e. The van der Waals surface area contributed by atoms with Gasteiger partial charge in [-0.15, -0.1) is 0 Å². The Balaban J connectivity index is 3.45. The topological polar surface area (TPSA) is 37.4 Å². The van der Waals surface area contributed by atoms with Gasteiger partial charge >= 0.3 is 0 Å². The molecule has 0 unspecified atom stereocenters. The average molecular weight is 360 g/mol. The fraction of sp³-hybridized carbons (Fsp3) is 0.455. The molecule has 0 saturated carbocycles. The van der Waals surface area contributed by atoms with Gasteiger partial charge in [-0.1, -0.05) is 15.9 Å². The van der Waals surface area contributed by atoms with Crippen LogP contribution in [0.3, 0.4) is 0 Å². The summed E-state index contributed by atoms with van der Waals surface area (Å²) in [5, 5.41) is 0.264. The van der Waals surface area contributed by atoms with Crippen molar-refractivity contribution < 1.29 is 21.6 Å². The smallest absolute Gasteiger partial charge is 0.207 e. The Morgan fingerprint density at radius 2 is 1.63 bits per heavy atom. The van der Waals surface area contributed by atoms with Crippen LogP contribution in [0.15, 0.2) is 17.0 Å². The van der Waals surface area contributed by atoms with Crippen LogP contribution in [0.1, 0.15) is 13.8 Å². The van der Waals surface area contributed by atoms with Gasteiger partial charge in [-0.2, -0.15) is 4.31 Å². The fourth-order valence-corrected chi connectivity index (χ4v) is 3.46. The molecule has 0 aliphatic heterocycles. The predicted octanol–water partition coefficient (Wildman–Crippen LogP) is 2.90. The van der Waals surface area contributed by atoms with Crippen LogP contribution in [0.4, 0.5) is 13.2 Å². The molecule has 108 valence electrons. The van der Waals surface area contributed by atoms with Gasteiger partial charge in [0.05, 0.1) is 0 Å². The van der Waals surface area contributed by atoms with E-state index in [-0.39, 0.29) is 5.33 Å². The molecular formula is C11H13BrF3NO2S. The van der Waals surface area contributed by atoms with E-state index in [2.05, 4.69) is 15.9 Å². The van der Waals surface area contributed by atoms with Gasteiger partial charge in [-0.25, -0.2) is 21.6 Å². The van der Waals surface area contributed by atoms with Crippen LogP contribution in [0.25, 0.3) is 0 Å². The van der Waals surface area contributed by atoms with Gasteiger partial charge in [0.1, 0.15) is 17.5 Å². The van der Waals surface area contributed by atoms with Crippen LogP contribution in [-0.4, -0.2) is 30.6 Å². The molecule has 0 N–H and O–H groups in total. The van der Waals surface area contributed by atoms with Crippen LogP contribution in [-0.2, 0) is 10.0 Å². The number of hydrogen-bond donors (Lipinski definition) is 0. The maximum atomic E-state index is 13.6. The van der Waals surface area contributed by atoms with Gasteiger partial charge in [0.25, 0.3) is 0 Å². The Hall–Kier alpha value is -0.600. The zero-order chi connectivity index (χ0) is 15.0. The van der Waals surface area contributed by atoms with E-state index in [9.17, 15) is 21.6 Å². The maximum Gasteiger partial charge on any atom is 0.249 e. The molecule has 0 bridgehead atoms. The molecule has 0 aliphatic carbocycles. The molecule has 0 amide bonds. The van der Waals surface area contributed by atoms with Gasteiger partial charge in [-0.05, 0) is 13.8 Å². The lowest BCUT2D eigenvalue weighted by molar-refractivity contribution is 0.296. The highest BCUT2D eigenvalue weighted by Crippen LogP contribution is 2.28. The van der Waals surface area contributed by atoms with Crippen LogP contribution < -0.4 is 0 Å². The molecule has 0 atom stereocenters. The van der Waals surface area contributed by atoms with Crippen LogP contribution >= 0.6 is 15.9 Å². The maximum absolute atomic E-state index is 13.6. The summed E-state index contributed by atoms with van der Waals surface area (Å²) in [6.07, 6.45) is 0. The highest BCUT2D eigenvalue weighted by molar-refractivity contribution is 9.09. The predicted molar refractivity (Wildman–Crippen MR) is 69.1 cm³/mol. The van der Waals surface area contributed by atoms with Crippen molar-refractivity contribution in [1.29, 1.82) is 0 Å². The molecular weight excluding hydrogens is 347 g/mol. The molecule has 0 aromatic heterocycles. The van der Waals surface area contributed by atoms with E-state index in [1.165, 1.54) is 7.05 Å². The number of sulfonamides is 1. The summed E-state index contributed by atoms with van der Waals surface area (Å²) in [6.45, 7) is 3.16. The molecule has 0 fully saturated rings. The second-order valence-electron chi connectivity index (χ2n) is 4.62. The summed E-state index contributed by atoms with van der Waals surface area (Å²) >= 11 is 3.13. The summed E-state index contributed by atoms with van der Waals surface area (Å²) in [6, 6.07) is 0.676. The summed E-state index contributed by atoms with van der Waals surface area (Å²) < 4.78 is 65.2. The monoisotopic (exact) mass is 359 g/mol. The summed E-state index contributed by atoms with van der Waals surface area (Å²) in [7, 11) is -3.19. The van der Waals surface area contributed by atoms with E-state index >= 15 is 0 Å². The Bertz CT molecular complexity index is 567. The lowest BCUT2D eigenvalue weighted by Crippen LogP contribution is -2.46. The van der Waals surface area contributed by atoms with Crippen molar-refractivity contribution in [3.63, 3.8) is 0 Å². The fourth-order valence-electron chi connectivity index (χ4n) is 1.32. The largest absolute Gasteiger partial charge is 0.249 e. The quantitative estimate of drug-likeness (QED) is 0.775. The number of hydrogen-bond acceptors (Lipinski definition) is 2. The van der Waals surface area contributed by atoms with Crippen molar-refractivity contribution in [2.24, 2.45) is 0 Å². The van der Waals surface area contributed by atoms with Gasteiger partial charge in [0, 0.05) is 30.0 Å². The van der Waals surface area contributed by atoms with E-state index < -0.39 is 37.9 Å². The molecule has 3 nitrogen and oxygen atoms in total. The van der Waals surface area contributed by atoms with E-state index in [0.29, 0.717) is 12.1 Å². The van der Waals surface area contributed by atoms with E-state index in [1.807, 2.05) is 0 Å². The molecule has 0 saturated heterocycles. The van der Waals surface area contributed by atoms with Crippen molar-refractivity contribution in [3.8, 4) is 0 Å². The Kier molecular flexibility index (Phi) is 4.69. The number of nitrogens with zero attached hydrogens (tertiary/aromatic N) is 1. The minimum atomic E-state index is -4.40. The Morgan fingerprint density at radius 1 is 1.21 bits per heavy atom. The first-order chi connectivity index (χ1) is 8.54. The van der Waals surface area contributed by atoms with Crippen molar-refractivity contribution >= 4 is 26.0 Å². The molecule has 0 radical (unpaired) electrons. The number of benzene rings is 1. The first-order valence-electron chi connectivity index (χ1n) is 5.23. The normalized spacial score (nSPS) is 13.1. The van der Waals surface area contributed by atoms with Crippen LogP contribution in [0, 0.1) is 17.5 Å². The molecule has 0 aliphatic rings. The van der Waals surface area contributed by atoms with Crippen molar-refractivity contribution in [2.45, 2.75) is 24.3 Å². The third-order valence-electron chi connectivity index (χ3n) is 2.76. The standard InChI is InChI=1S/C11H13BrF3NO2S/c1-11(2,6-12)16(3)19(17,18)10-8(14)4-7(13)5-9(10)15/h4-5H,6H2,1-3H3. The van der Waals surface area contributed by atoms with Crippen molar-refractivity contribution in [2.75, 3.05) is 12.4 Å². The third kappa shape index (κ3) is 3.11. The van der Waals surface area contributed by atoms with E-state index in [1.54, 1.807) is 13.8 Å². The van der Waals surface area contributed by atoms with Gasteiger partial charge < -0.3 is 0 Å². The molecule has 1 aromatic carbocycles. The second kappa shape index (κ2) is 5.41. The molecule has 19 heavy (non-hydrogen) atoms. The molecule has 0 spiro atoms.